The Morgan fingerprint density at radius 1 is 1.31 bits per heavy atom. The molecule has 8 nitrogen and oxygen atoms in total. The van der Waals surface area contributed by atoms with E-state index in [1.807, 2.05) is 0 Å². The molecule has 0 amide bonds. The summed E-state index contributed by atoms with van der Waals surface area (Å²) in [5, 5.41) is 3.09. The summed E-state index contributed by atoms with van der Waals surface area (Å²) in [6, 6.07) is 5.57. The molecular formula is C18H17ClFN4O4S-. The molecule has 0 fully saturated rings. The number of aromatic nitrogens is 2. The van der Waals surface area contributed by atoms with E-state index in [9.17, 15) is 17.9 Å². The number of anilines is 3. The summed E-state index contributed by atoms with van der Waals surface area (Å²) in [7, 11) is 1.54. The van der Waals surface area contributed by atoms with Crippen molar-refractivity contribution in [2.24, 2.45) is 0 Å². The maximum absolute atomic E-state index is 14.4. The molecule has 1 atom stereocenters. The van der Waals surface area contributed by atoms with Crippen LogP contribution in [-0.2, 0) is 22.5 Å². The predicted octanol–water partition coefficient (Wildman–Crippen LogP) is 3.09. The van der Waals surface area contributed by atoms with Crippen LogP contribution >= 0.6 is 11.6 Å². The lowest BCUT2D eigenvalue weighted by Crippen LogP contribution is -2.23. The Morgan fingerprint density at radius 2 is 2.03 bits per heavy atom. The molecule has 11 heteroatoms. The Morgan fingerprint density at radius 3 is 2.72 bits per heavy atom. The van der Waals surface area contributed by atoms with Gasteiger partial charge in [0, 0.05) is 24.1 Å². The zero-order valence-electron chi connectivity index (χ0n) is 15.5. The van der Waals surface area contributed by atoms with Gasteiger partial charge in [0.05, 0.1) is 46.8 Å². The Hall–Kier alpha value is -2.53. The van der Waals surface area contributed by atoms with Crippen LogP contribution in [0, 0.1) is 12.7 Å². The smallest absolute Gasteiger partial charge is 0.261 e. The van der Waals surface area contributed by atoms with Crippen molar-refractivity contribution in [3.63, 3.8) is 0 Å². The second-order valence-corrected chi connectivity index (χ2v) is 7.17. The highest BCUT2D eigenvalue weighted by Crippen LogP contribution is 2.36. The summed E-state index contributed by atoms with van der Waals surface area (Å²) in [4.78, 5) is 17.1. The van der Waals surface area contributed by atoms with Crippen molar-refractivity contribution < 1.29 is 17.9 Å². The molecule has 0 spiro atoms. The molecule has 3 aromatic rings. The largest absolute Gasteiger partial charge is 0.755 e. The number of methoxy groups -OCH3 is 1. The van der Waals surface area contributed by atoms with Crippen LogP contribution < -0.4 is 15.6 Å². The molecule has 0 aliphatic rings. The van der Waals surface area contributed by atoms with E-state index in [4.69, 9.17) is 16.3 Å². The van der Waals surface area contributed by atoms with Crippen LogP contribution in [0.15, 0.2) is 35.4 Å². The normalized spacial score (nSPS) is 12.2. The lowest BCUT2D eigenvalue weighted by Gasteiger charge is -2.17. The first kappa shape index (κ1) is 21.2. The lowest BCUT2D eigenvalue weighted by molar-refractivity contribution is 0.186. The fraction of sp³-hybridized carbons (Fsp3) is 0.222. The zero-order chi connectivity index (χ0) is 21.1. The minimum Gasteiger partial charge on any atom is -0.755 e. The van der Waals surface area contributed by atoms with Gasteiger partial charge >= 0.3 is 0 Å². The fourth-order valence-electron chi connectivity index (χ4n) is 2.86. The van der Waals surface area contributed by atoms with Crippen molar-refractivity contribution in [2.45, 2.75) is 13.5 Å². The van der Waals surface area contributed by atoms with Crippen LogP contribution in [0.4, 0.5) is 21.5 Å². The van der Waals surface area contributed by atoms with E-state index in [-0.39, 0.29) is 22.0 Å². The Bertz CT molecular complexity index is 1150. The maximum atomic E-state index is 14.4. The summed E-state index contributed by atoms with van der Waals surface area (Å²) >= 11 is 3.54. The molecule has 0 radical (unpaired) electrons. The maximum Gasteiger partial charge on any atom is 0.261 e. The number of fused-ring (bicyclic) bond motifs is 1. The first-order valence-corrected chi connectivity index (χ1v) is 9.87. The van der Waals surface area contributed by atoms with Crippen LogP contribution in [0.3, 0.4) is 0 Å². The first-order chi connectivity index (χ1) is 13.8. The third kappa shape index (κ3) is 4.40. The van der Waals surface area contributed by atoms with Crippen LogP contribution in [0.5, 0.6) is 0 Å². The zero-order valence-corrected chi connectivity index (χ0v) is 17.1. The average molecular weight is 440 g/mol. The van der Waals surface area contributed by atoms with Gasteiger partial charge in [-0.05, 0) is 36.8 Å². The van der Waals surface area contributed by atoms with Gasteiger partial charge < -0.3 is 19.3 Å². The van der Waals surface area contributed by atoms with Crippen molar-refractivity contribution in [3.05, 3.63) is 57.3 Å². The quantitative estimate of drug-likeness (QED) is 0.547. The van der Waals surface area contributed by atoms with E-state index >= 15 is 0 Å². The summed E-state index contributed by atoms with van der Waals surface area (Å²) in [6.45, 7) is 2.40. The van der Waals surface area contributed by atoms with Crippen molar-refractivity contribution in [3.8, 4) is 0 Å². The van der Waals surface area contributed by atoms with E-state index < -0.39 is 17.1 Å². The van der Waals surface area contributed by atoms with E-state index in [2.05, 4.69) is 15.0 Å². The van der Waals surface area contributed by atoms with Gasteiger partial charge in [-0.3, -0.25) is 13.6 Å². The second kappa shape index (κ2) is 8.87. The Kier molecular flexibility index (Phi) is 6.48. The number of nitrogens with zero attached hydrogens (tertiary/aromatic N) is 2. The summed E-state index contributed by atoms with van der Waals surface area (Å²) in [5.41, 5.74) is 1.13. The standard InChI is InChI=1S/C18H18ClFN4O4S/c1-10-12(22-17-11(20)3-4-14(16(17)19)23-29(26)27)5-6-13-15(10)18(25)24(9-21-13)7-8-28-2/h3-6,9,22-23H,7-8H2,1-2H3,(H,26,27)/p-1. The van der Waals surface area contributed by atoms with Crippen molar-refractivity contribution in [1.29, 1.82) is 0 Å². The third-order valence-corrected chi connectivity index (χ3v) is 5.11. The number of hydrogen-bond donors (Lipinski definition) is 2. The minimum atomic E-state index is -2.62. The van der Waals surface area contributed by atoms with Crippen LogP contribution in [0.25, 0.3) is 10.9 Å². The molecule has 2 aromatic carbocycles. The molecule has 0 saturated carbocycles. The number of aryl methyl sites for hydroxylation is 1. The van der Waals surface area contributed by atoms with Crippen molar-refractivity contribution in [1.82, 2.24) is 9.55 Å². The number of halogens is 2. The molecule has 1 unspecified atom stereocenters. The third-order valence-electron chi connectivity index (χ3n) is 4.33. The highest BCUT2D eigenvalue weighted by atomic mass is 35.5. The molecular weight excluding hydrogens is 423 g/mol. The molecule has 0 saturated heterocycles. The van der Waals surface area contributed by atoms with Gasteiger partial charge in [0.15, 0.2) is 0 Å². The Balaban J connectivity index is 2.08. The van der Waals surface area contributed by atoms with E-state index in [1.165, 1.54) is 24.1 Å². The SMILES string of the molecule is COCCn1cnc2ccc(Nc3c(F)ccc(NS(=O)[O-])c3Cl)c(C)c2c1=O. The molecule has 29 heavy (non-hydrogen) atoms. The summed E-state index contributed by atoms with van der Waals surface area (Å²) in [6.07, 6.45) is 1.45. The number of ether oxygens (including phenoxy) is 1. The van der Waals surface area contributed by atoms with E-state index in [0.29, 0.717) is 35.3 Å². The van der Waals surface area contributed by atoms with E-state index in [1.54, 1.807) is 19.1 Å². The number of rotatable bonds is 7. The number of nitrogens with one attached hydrogen (secondary N) is 2. The fourth-order valence-corrected chi connectivity index (χ4v) is 3.51. The predicted molar refractivity (Wildman–Crippen MR) is 110 cm³/mol. The molecule has 3 rings (SSSR count). The van der Waals surface area contributed by atoms with Gasteiger partial charge in [0.2, 0.25) is 0 Å². The highest BCUT2D eigenvalue weighted by Gasteiger charge is 2.16. The average Bonchev–Trinajstić information content (AvgIpc) is 2.68. The van der Waals surface area contributed by atoms with Gasteiger partial charge in [-0.1, -0.05) is 11.6 Å². The van der Waals surface area contributed by atoms with E-state index in [0.717, 1.165) is 6.07 Å². The topological polar surface area (TPSA) is 108 Å². The van der Waals surface area contributed by atoms with Gasteiger partial charge in [-0.25, -0.2) is 9.37 Å². The number of benzene rings is 2. The molecule has 154 valence electrons. The van der Waals surface area contributed by atoms with Gasteiger partial charge in [-0.15, -0.1) is 0 Å². The Labute approximate surface area is 173 Å². The highest BCUT2D eigenvalue weighted by molar-refractivity contribution is 7.80. The molecule has 1 heterocycles. The number of hydrogen-bond acceptors (Lipinski definition) is 6. The van der Waals surface area contributed by atoms with Crippen molar-refractivity contribution >= 4 is 50.8 Å². The monoisotopic (exact) mass is 439 g/mol. The van der Waals surface area contributed by atoms with Gasteiger partial charge in [0.25, 0.3) is 5.56 Å². The van der Waals surface area contributed by atoms with Gasteiger partial charge in [0.1, 0.15) is 5.82 Å². The second-order valence-electron chi connectivity index (χ2n) is 6.11. The van der Waals surface area contributed by atoms with Crippen LogP contribution in [-0.4, -0.2) is 32.0 Å². The van der Waals surface area contributed by atoms with Crippen LogP contribution in [0.1, 0.15) is 5.56 Å². The molecule has 0 bridgehead atoms. The van der Waals surface area contributed by atoms with Crippen molar-refractivity contribution in [2.75, 3.05) is 23.8 Å². The van der Waals surface area contributed by atoms with Gasteiger partial charge in [-0.2, -0.15) is 0 Å². The molecule has 0 aliphatic heterocycles. The molecule has 0 aliphatic carbocycles. The summed E-state index contributed by atoms with van der Waals surface area (Å²) < 4.78 is 44.7. The first-order valence-electron chi connectivity index (χ1n) is 8.42. The summed E-state index contributed by atoms with van der Waals surface area (Å²) in [5.74, 6) is -0.680. The van der Waals surface area contributed by atoms with Crippen LogP contribution in [0.2, 0.25) is 5.02 Å². The lowest BCUT2D eigenvalue weighted by atomic mass is 10.1. The molecule has 1 aromatic heterocycles. The molecule has 2 N–H and O–H groups in total. The minimum absolute atomic E-state index is 0.0194.